The van der Waals surface area contributed by atoms with Crippen LogP contribution < -0.4 is 10.6 Å². The summed E-state index contributed by atoms with van der Waals surface area (Å²) in [7, 11) is 0. The molecule has 0 amide bonds. The molecule has 1 aromatic carbocycles. The third kappa shape index (κ3) is 8.10. The van der Waals surface area contributed by atoms with Crippen LogP contribution in [0.15, 0.2) is 24.4 Å². The van der Waals surface area contributed by atoms with Crippen molar-refractivity contribution in [3.05, 3.63) is 36.0 Å². The number of nitrogens with zero attached hydrogens (tertiary/aromatic N) is 5. The van der Waals surface area contributed by atoms with Gasteiger partial charge in [0, 0.05) is 31.3 Å². The van der Waals surface area contributed by atoms with E-state index in [4.69, 9.17) is 14.7 Å². The molecule has 0 atom stereocenters. The molecule has 9 nitrogen and oxygen atoms in total. The molecule has 0 spiro atoms. The van der Waals surface area contributed by atoms with Crippen molar-refractivity contribution in [2.75, 3.05) is 43.5 Å². The minimum absolute atomic E-state index is 0.121. The van der Waals surface area contributed by atoms with Gasteiger partial charge in [0.05, 0.1) is 24.1 Å². The smallest absolute Gasteiger partial charge is 0.224 e. The first kappa shape index (κ1) is 32.1. The molecule has 0 radical (unpaired) electrons. The molecule has 0 bridgehead atoms. The van der Waals surface area contributed by atoms with Crippen LogP contribution in [-0.4, -0.2) is 74.0 Å². The summed E-state index contributed by atoms with van der Waals surface area (Å²) in [6, 6.07) is 3.86. The maximum atomic E-state index is 14.7. The fourth-order valence-electron chi connectivity index (χ4n) is 7.43. The lowest BCUT2D eigenvalue weighted by molar-refractivity contribution is -0.000415. The van der Waals surface area contributed by atoms with Crippen LogP contribution in [0.5, 0.6) is 0 Å². The summed E-state index contributed by atoms with van der Waals surface area (Å²) in [5.74, 6) is 0.528. The number of rotatable bonds is 11. The van der Waals surface area contributed by atoms with Gasteiger partial charge in [0.2, 0.25) is 11.9 Å². The summed E-state index contributed by atoms with van der Waals surface area (Å²) in [5, 5.41) is 17.1. The molecule has 2 saturated carbocycles. The zero-order valence-electron chi connectivity index (χ0n) is 26.8. The second-order valence-electron chi connectivity index (χ2n) is 14.0. The zero-order chi connectivity index (χ0) is 31.4. The number of likely N-dealkylation sites (tertiary alicyclic amines) is 1. The quantitative estimate of drug-likeness (QED) is 0.200. The average Bonchev–Trinajstić information content (AvgIpc) is 3.38. The largest absolute Gasteiger partial charge is 0.390 e. The van der Waals surface area contributed by atoms with Crippen molar-refractivity contribution in [2.45, 2.75) is 102 Å². The normalized spacial score (nSPS) is 25.0. The van der Waals surface area contributed by atoms with Crippen LogP contribution >= 0.6 is 0 Å². The molecule has 1 saturated heterocycles. The molecular formula is C34H49F2N7O2. The minimum Gasteiger partial charge on any atom is -0.390 e. The van der Waals surface area contributed by atoms with Crippen LogP contribution in [0, 0.1) is 23.5 Å². The number of fused-ring (bicyclic) bond motifs is 1. The highest BCUT2D eigenvalue weighted by Crippen LogP contribution is 2.38. The van der Waals surface area contributed by atoms with Crippen molar-refractivity contribution < 1.29 is 18.6 Å². The van der Waals surface area contributed by atoms with Gasteiger partial charge in [0.25, 0.3) is 0 Å². The topological polar surface area (TPSA) is 100 Å². The van der Waals surface area contributed by atoms with E-state index in [0.29, 0.717) is 29.0 Å². The maximum Gasteiger partial charge on any atom is 0.224 e. The van der Waals surface area contributed by atoms with Gasteiger partial charge in [-0.25, -0.2) is 18.7 Å². The van der Waals surface area contributed by atoms with Crippen molar-refractivity contribution in [3.63, 3.8) is 0 Å². The van der Waals surface area contributed by atoms with E-state index in [2.05, 4.69) is 25.1 Å². The fourth-order valence-corrected chi connectivity index (χ4v) is 7.43. The number of nitrogens with one attached hydrogen (secondary N) is 2. The number of halogens is 2. The highest BCUT2D eigenvalue weighted by Gasteiger charge is 2.32. The monoisotopic (exact) mass is 625 g/mol. The number of hydrogen-bond acceptors (Lipinski definition) is 8. The number of ether oxygens (including phenoxy) is 1. The highest BCUT2D eigenvalue weighted by atomic mass is 19.1. The molecule has 3 heterocycles. The van der Waals surface area contributed by atoms with Crippen molar-refractivity contribution in [1.29, 1.82) is 0 Å². The Labute approximate surface area is 265 Å². The molecule has 2 aliphatic carbocycles. The van der Waals surface area contributed by atoms with E-state index in [9.17, 15) is 13.9 Å². The van der Waals surface area contributed by atoms with Crippen LogP contribution in [0.4, 0.5) is 26.4 Å². The maximum absolute atomic E-state index is 14.7. The summed E-state index contributed by atoms with van der Waals surface area (Å²) in [5.41, 5.74) is 0.820. The van der Waals surface area contributed by atoms with Crippen LogP contribution in [0.1, 0.15) is 90.5 Å². The van der Waals surface area contributed by atoms with Crippen LogP contribution in [0.2, 0.25) is 0 Å². The Morgan fingerprint density at radius 1 is 0.978 bits per heavy atom. The van der Waals surface area contributed by atoms with E-state index < -0.39 is 17.2 Å². The Kier molecular flexibility index (Phi) is 10.2. The van der Waals surface area contributed by atoms with Gasteiger partial charge in [-0.1, -0.05) is 6.42 Å². The van der Waals surface area contributed by atoms with Gasteiger partial charge in [-0.3, -0.25) is 4.57 Å². The lowest BCUT2D eigenvalue weighted by Gasteiger charge is -2.36. The molecular weight excluding hydrogens is 576 g/mol. The second kappa shape index (κ2) is 14.3. The molecule has 3 aliphatic rings. The number of piperidine rings is 1. The molecule has 246 valence electrons. The Hall–Kier alpha value is -2.89. The number of hydrogen-bond donors (Lipinski definition) is 3. The van der Waals surface area contributed by atoms with Crippen LogP contribution in [-0.2, 0) is 4.74 Å². The Morgan fingerprint density at radius 3 is 2.44 bits per heavy atom. The van der Waals surface area contributed by atoms with Crippen molar-refractivity contribution in [1.82, 2.24) is 24.4 Å². The van der Waals surface area contributed by atoms with Gasteiger partial charge in [-0.05, 0) is 115 Å². The Morgan fingerprint density at radius 2 is 1.73 bits per heavy atom. The minimum atomic E-state index is -0.672. The lowest BCUT2D eigenvalue weighted by Crippen LogP contribution is -2.37. The summed E-state index contributed by atoms with van der Waals surface area (Å²) in [6.45, 7) is 8.75. The van der Waals surface area contributed by atoms with Gasteiger partial charge in [-0.2, -0.15) is 4.98 Å². The number of aromatic nitrogens is 4. The van der Waals surface area contributed by atoms with Gasteiger partial charge < -0.3 is 25.4 Å². The number of benzene rings is 1. The molecule has 0 unspecified atom stereocenters. The predicted molar refractivity (Wildman–Crippen MR) is 173 cm³/mol. The molecule has 3 aromatic rings. The van der Waals surface area contributed by atoms with Gasteiger partial charge in [-0.15, -0.1) is 0 Å². The molecule has 45 heavy (non-hydrogen) atoms. The molecule has 3 fully saturated rings. The summed E-state index contributed by atoms with van der Waals surface area (Å²) < 4.78 is 36.6. The second-order valence-corrected chi connectivity index (χ2v) is 14.0. The van der Waals surface area contributed by atoms with E-state index in [0.717, 1.165) is 77.2 Å². The van der Waals surface area contributed by atoms with E-state index in [1.165, 1.54) is 44.5 Å². The number of aliphatic hydroxyl groups is 1. The average molecular weight is 626 g/mol. The number of imidazole rings is 1. The third-order valence-electron chi connectivity index (χ3n) is 10.2. The molecule has 6 rings (SSSR count). The SMILES string of the molecule is CC(C)(O)C1CCC(Nc2ncc3nc(Nc4ccc(F)cc4F)n([C@H]4CC[C@@H](COCCN5CCCCC5)CC4)c3n2)CC1. The van der Waals surface area contributed by atoms with Crippen molar-refractivity contribution in [2.24, 2.45) is 11.8 Å². The first-order valence-corrected chi connectivity index (χ1v) is 17.0. The molecule has 2 aromatic heterocycles. The third-order valence-corrected chi connectivity index (χ3v) is 10.2. The summed E-state index contributed by atoms with van der Waals surface area (Å²) in [6.07, 6.45) is 13.3. The van der Waals surface area contributed by atoms with Gasteiger partial charge in [0.15, 0.2) is 5.65 Å². The van der Waals surface area contributed by atoms with Gasteiger partial charge in [0.1, 0.15) is 17.2 Å². The predicted octanol–water partition coefficient (Wildman–Crippen LogP) is 6.82. The molecule has 1 aliphatic heterocycles. The Bertz CT molecular complexity index is 1410. The lowest BCUT2D eigenvalue weighted by atomic mass is 9.77. The zero-order valence-corrected chi connectivity index (χ0v) is 26.8. The standard InChI is InChI=1S/C34H49F2N7O2/c1-34(2,44)24-8-11-26(12-9-24)38-32-37-21-30-31(41-32)43(33(40-30)39-29-15-10-25(35)20-28(29)36)27-13-6-23(7-14-27)22-45-19-18-42-16-4-3-5-17-42/h10,15,20-21,23-24,26-27,44H,3-9,11-14,16-19,22H2,1-2H3,(H,39,40)(H,37,38,41)/t23-,24?,26?,27+. The van der Waals surface area contributed by atoms with Crippen LogP contribution in [0.25, 0.3) is 11.2 Å². The van der Waals surface area contributed by atoms with E-state index >= 15 is 0 Å². The highest BCUT2D eigenvalue weighted by molar-refractivity contribution is 5.76. The van der Waals surface area contributed by atoms with Crippen LogP contribution in [0.3, 0.4) is 0 Å². The first-order chi connectivity index (χ1) is 21.7. The Balaban J connectivity index is 1.15. The fraction of sp³-hybridized carbons (Fsp3) is 0.676. The first-order valence-electron chi connectivity index (χ1n) is 17.0. The van der Waals surface area contributed by atoms with E-state index in [1.807, 2.05) is 13.8 Å². The summed E-state index contributed by atoms with van der Waals surface area (Å²) in [4.78, 5) is 16.8. The molecule has 3 N–H and O–H groups in total. The van der Waals surface area contributed by atoms with Crippen molar-refractivity contribution >= 4 is 28.7 Å². The summed E-state index contributed by atoms with van der Waals surface area (Å²) >= 11 is 0. The van der Waals surface area contributed by atoms with Gasteiger partial charge >= 0.3 is 0 Å². The van der Waals surface area contributed by atoms with E-state index in [1.54, 1.807) is 6.20 Å². The number of anilines is 3. The molecule has 11 heteroatoms. The van der Waals surface area contributed by atoms with Crippen molar-refractivity contribution in [3.8, 4) is 0 Å². The van der Waals surface area contributed by atoms with E-state index in [-0.39, 0.29) is 23.7 Å².